The maximum absolute atomic E-state index is 12.5. The molecule has 7 nitrogen and oxygen atoms in total. The zero-order chi connectivity index (χ0) is 18.5. The summed E-state index contributed by atoms with van der Waals surface area (Å²) in [6, 6.07) is 13.2. The second-order valence-corrected chi connectivity index (χ2v) is 6.34. The molecule has 1 unspecified atom stereocenters. The first-order valence-electron chi connectivity index (χ1n) is 9.01. The maximum Gasteiger partial charge on any atom is 0.315 e. The third-order valence-corrected chi connectivity index (χ3v) is 4.52. The quantitative estimate of drug-likeness (QED) is 0.747. The molecule has 1 atom stereocenters. The molecule has 1 aliphatic heterocycles. The van der Waals surface area contributed by atoms with Gasteiger partial charge in [0.05, 0.1) is 12.6 Å². The molecule has 0 spiro atoms. The van der Waals surface area contributed by atoms with Crippen LogP contribution in [0.15, 0.2) is 61.1 Å². The van der Waals surface area contributed by atoms with Gasteiger partial charge in [-0.1, -0.05) is 24.3 Å². The molecule has 3 heterocycles. The summed E-state index contributed by atoms with van der Waals surface area (Å²) in [5.41, 5.74) is 1.91. The van der Waals surface area contributed by atoms with Crippen LogP contribution >= 0.6 is 0 Å². The van der Waals surface area contributed by atoms with Gasteiger partial charge in [-0.3, -0.25) is 0 Å². The number of pyridine rings is 1. The maximum atomic E-state index is 12.5. The van der Waals surface area contributed by atoms with Crippen molar-refractivity contribution in [2.45, 2.75) is 25.4 Å². The number of benzene rings is 1. The van der Waals surface area contributed by atoms with Crippen LogP contribution in [0.1, 0.15) is 30.0 Å². The van der Waals surface area contributed by atoms with Gasteiger partial charge in [-0.25, -0.2) is 14.5 Å². The molecule has 2 amide bonds. The fraction of sp³-hybridized carbons (Fsp3) is 0.250. The van der Waals surface area contributed by atoms with Gasteiger partial charge in [0.1, 0.15) is 5.75 Å². The zero-order valence-corrected chi connectivity index (χ0v) is 14.8. The number of carbonyl (C=O) groups is 1. The highest BCUT2D eigenvalue weighted by Gasteiger charge is 2.21. The van der Waals surface area contributed by atoms with Crippen LogP contribution in [-0.2, 0) is 6.54 Å². The Balaban J connectivity index is 1.43. The lowest BCUT2D eigenvalue weighted by Gasteiger charge is -2.19. The van der Waals surface area contributed by atoms with Crippen molar-refractivity contribution in [1.29, 1.82) is 0 Å². The van der Waals surface area contributed by atoms with Gasteiger partial charge in [0.15, 0.2) is 5.82 Å². The number of hydrogen-bond donors (Lipinski definition) is 2. The number of rotatable bonds is 4. The molecule has 4 rings (SSSR count). The predicted molar refractivity (Wildman–Crippen MR) is 101 cm³/mol. The minimum Gasteiger partial charge on any atom is -0.493 e. The van der Waals surface area contributed by atoms with Crippen molar-refractivity contribution in [3.8, 4) is 11.6 Å². The normalized spacial score (nSPS) is 15.9. The van der Waals surface area contributed by atoms with E-state index in [1.165, 1.54) is 0 Å². The highest BCUT2D eigenvalue weighted by Crippen LogP contribution is 2.30. The SMILES string of the molecule is O=C(NCc1cccnc1-n1cccn1)NC1CCCOc2ccccc21. The first-order chi connectivity index (χ1) is 13.3. The van der Waals surface area contributed by atoms with Crippen LogP contribution in [0.3, 0.4) is 0 Å². The molecule has 7 heteroatoms. The molecule has 1 aliphatic rings. The zero-order valence-electron chi connectivity index (χ0n) is 14.8. The number of fused-ring (bicyclic) bond motifs is 1. The number of urea groups is 1. The molecule has 0 saturated heterocycles. The molecule has 3 aromatic rings. The van der Waals surface area contributed by atoms with Gasteiger partial charge in [0, 0.05) is 36.3 Å². The standard InChI is InChI=1S/C20H21N5O2/c26-20(24-17-8-4-13-27-18-9-2-1-7-16(17)18)22-14-15-6-3-10-21-19(15)25-12-5-11-23-25/h1-3,5-7,9-12,17H,4,8,13-14H2,(H2,22,24,26). The molecule has 1 aromatic carbocycles. The van der Waals surface area contributed by atoms with E-state index in [2.05, 4.69) is 20.7 Å². The largest absolute Gasteiger partial charge is 0.493 e. The van der Waals surface area contributed by atoms with E-state index in [1.807, 2.05) is 48.7 Å². The van der Waals surface area contributed by atoms with Crippen LogP contribution in [0.2, 0.25) is 0 Å². The highest BCUT2D eigenvalue weighted by molar-refractivity contribution is 5.74. The number of nitrogens with one attached hydrogen (secondary N) is 2. The van der Waals surface area contributed by atoms with Crippen LogP contribution in [-0.4, -0.2) is 27.4 Å². The van der Waals surface area contributed by atoms with Crippen molar-refractivity contribution in [2.24, 2.45) is 0 Å². The van der Waals surface area contributed by atoms with Crippen LogP contribution in [0, 0.1) is 0 Å². The summed E-state index contributed by atoms with van der Waals surface area (Å²) in [5.74, 6) is 1.55. The van der Waals surface area contributed by atoms with Gasteiger partial charge in [0.25, 0.3) is 0 Å². The fourth-order valence-electron chi connectivity index (χ4n) is 3.23. The van der Waals surface area contributed by atoms with Crippen molar-refractivity contribution in [2.75, 3.05) is 6.61 Å². The van der Waals surface area contributed by atoms with Gasteiger partial charge in [-0.05, 0) is 31.0 Å². The molecule has 0 bridgehead atoms. The molecule has 0 saturated carbocycles. The molecule has 138 valence electrons. The highest BCUT2D eigenvalue weighted by atomic mass is 16.5. The lowest BCUT2D eigenvalue weighted by molar-refractivity contribution is 0.236. The van der Waals surface area contributed by atoms with Crippen LogP contribution in [0.25, 0.3) is 5.82 Å². The molecule has 0 fully saturated rings. The van der Waals surface area contributed by atoms with Gasteiger partial charge >= 0.3 is 6.03 Å². The summed E-state index contributed by atoms with van der Waals surface area (Å²) in [4.78, 5) is 16.9. The second-order valence-electron chi connectivity index (χ2n) is 6.34. The first kappa shape index (κ1) is 17.1. The Bertz CT molecular complexity index is 910. The molecule has 2 N–H and O–H groups in total. The second kappa shape index (κ2) is 7.90. The van der Waals surface area contributed by atoms with Gasteiger partial charge in [0.2, 0.25) is 0 Å². The fourth-order valence-corrected chi connectivity index (χ4v) is 3.23. The Morgan fingerprint density at radius 3 is 3.00 bits per heavy atom. The number of amides is 2. The Morgan fingerprint density at radius 1 is 1.19 bits per heavy atom. The van der Waals surface area contributed by atoms with Crippen LogP contribution in [0.5, 0.6) is 5.75 Å². The Hall–Kier alpha value is -3.35. The number of para-hydroxylation sites is 1. The summed E-state index contributed by atoms with van der Waals surface area (Å²) in [6.45, 7) is 1.03. The molecule has 2 aromatic heterocycles. The third kappa shape index (κ3) is 3.92. The van der Waals surface area contributed by atoms with E-state index >= 15 is 0 Å². The monoisotopic (exact) mass is 363 g/mol. The molecule has 0 radical (unpaired) electrons. The van der Waals surface area contributed by atoms with Gasteiger partial charge < -0.3 is 15.4 Å². The Kier molecular flexibility index (Phi) is 5.00. The first-order valence-corrected chi connectivity index (χ1v) is 9.01. The van der Waals surface area contributed by atoms with Crippen molar-refractivity contribution < 1.29 is 9.53 Å². The number of ether oxygens (including phenoxy) is 1. The minimum atomic E-state index is -0.216. The van der Waals surface area contributed by atoms with Crippen LogP contribution < -0.4 is 15.4 Å². The Labute approximate surface area is 157 Å². The van der Waals surface area contributed by atoms with Crippen molar-refractivity contribution in [3.63, 3.8) is 0 Å². The molecule has 27 heavy (non-hydrogen) atoms. The van der Waals surface area contributed by atoms with E-state index in [0.29, 0.717) is 19.0 Å². The smallest absolute Gasteiger partial charge is 0.315 e. The van der Waals surface area contributed by atoms with Crippen molar-refractivity contribution in [1.82, 2.24) is 25.4 Å². The summed E-state index contributed by atoms with van der Waals surface area (Å²) >= 11 is 0. The summed E-state index contributed by atoms with van der Waals surface area (Å²) in [6.07, 6.45) is 6.98. The van der Waals surface area contributed by atoms with E-state index in [0.717, 1.165) is 29.7 Å². The van der Waals surface area contributed by atoms with Gasteiger partial charge in [-0.15, -0.1) is 0 Å². The number of carbonyl (C=O) groups excluding carboxylic acids is 1. The Morgan fingerprint density at radius 2 is 2.11 bits per heavy atom. The predicted octanol–water partition coefficient (Wildman–Crippen LogP) is 2.98. The third-order valence-electron chi connectivity index (χ3n) is 4.52. The number of aromatic nitrogens is 3. The number of nitrogens with zero attached hydrogens (tertiary/aromatic N) is 3. The van der Waals surface area contributed by atoms with Crippen molar-refractivity contribution in [3.05, 3.63) is 72.2 Å². The lowest BCUT2D eigenvalue weighted by Crippen LogP contribution is -2.37. The van der Waals surface area contributed by atoms with E-state index in [9.17, 15) is 4.79 Å². The van der Waals surface area contributed by atoms with E-state index in [4.69, 9.17) is 4.74 Å². The lowest BCUT2D eigenvalue weighted by atomic mass is 10.0. The molecular formula is C20H21N5O2. The van der Waals surface area contributed by atoms with E-state index in [-0.39, 0.29) is 12.1 Å². The number of hydrogen-bond acceptors (Lipinski definition) is 4. The summed E-state index contributed by atoms with van der Waals surface area (Å²) in [5, 5.41) is 10.2. The van der Waals surface area contributed by atoms with Crippen molar-refractivity contribution >= 4 is 6.03 Å². The summed E-state index contributed by atoms with van der Waals surface area (Å²) in [7, 11) is 0. The topological polar surface area (TPSA) is 81.1 Å². The average molecular weight is 363 g/mol. The average Bonchev–Trinajstić information content (AvgIpc) is 3.16. The van der Waals surface area contributed by atoms with E-state index in [1.54, 1.807) is 17.1 Å². The molecular weight excluding hydrogens is 342 g/mol. The van der Waals surface area contributed by atoms with E-state index < -0.39 is 0 Å². The van der Waals surface area contributed by atoms with Gasteiger partial charge in [-0.2, -0.15) is 5.10 Å². The van der Waals surface area contributed by atoms with Crippen LogP contribution in [0.4, 0.5) is 4.79 Å². The molecule has 0 aliphatic carbocycles. The summed E-state index contributed by atoms with van der Waals surface area (Å²) < 4.78 is 7.45. The minimum absolute atomic E-state index is 0.0665.